The van der Waals surface area contributed by atoms with Gasteiger partial charge in [0.25, 0.3) is 11.5 Å². The molecule has 2 aromatic heterocycles. The lowest BCUT2D eigenvalue weighted by Crippen LogP contribution is -2.29. The minimum Gasteiger partial charge on any atom is -0.459 e. The number of para-hydroxylation sites is 1. The molecule has 2 aromatic carbocycles. The van der Waals surface area contributed by atoms with E-state index in [-0.39, 0.29) is 12.5 Å². The highest BCUT2D eigenvalue weighted by atomic mass is 35.5. The fourth-order valence-corrected chi connectivity index (χ4v) is 4.56. The average molecular weight is 482 g/mol. The first kappa shape index (κ1) is 22.7. The molecule has 4 aromatic rings. The van der Waals surface area contributed by atoms with E-state index in [2.05, 4.69) is 10.3 Å². The van der Waals surface area contributed by atoms with E-state index in [0.29, 0.717) is 36.9 Å². The van der Waals surface area contributed by atoms with Crippen molar-refractivity contribution in [2.75, 3.05) is 5.32 Å². The van der Waals surface area contributed by atoms with E-state index in [0.717, 1.165) is 11.3 Å². The number of esters is 1. The van der Waals surface area contributed by atoms with Crippen LogP contribution in [-0.2, 0) is 16.1 Å². The van der Waals surface area contributed by atoms with Crippen molar-refractivity contribution in [2.24, 2.45) is 0 Å². The highest BCUT2D eigenvalue weighted by Gasteiger charge is 2.24. The lowest BCUT2D eigenvalue weighted by atomic mass is 10.2. The maximum Gasteiger partial charge on any atom is 0.329 e. The first-order valence-electron chi connectivity index (χ1n) is 10.1. The predicted molar refractivity (Wildman–Crippen MR) is 129 cm³/mol. The van der Waals surface area contributed by atoms with Crippen molar-refractivity contribution in [1.29, 1.82) is 0 Å². The van der Waals surface area contributed by atoms with Gasteiger partial charge in [-0.1, -0.05) is 48.0 Å². The first-order chi connectivity index (χ1) is 15.9. The van der Waals surface area contributed by atoms with Crippen molar-refractivity contribution in [1.82, 2.24) is 9.55 Å². The topological polar surface area (TPSA) is 90.3 Å². The molecular formula is C24H20ClN3O4S. The van der Waals surface area contributed by atoms with Gasteiger partial charge in [0.15, 0.2) is 0 Å². The quantitative estimate of drug-likeness (QED) is 0.392. The van der Waals surface area contributed by atoms with E-state index in [1.54, 1.807) is 50.2 Å². The van der Waals surface area contributed by atoms with Crippen molar-refractivity contribution < 1.29 is 14.3 Å². The average Bonchev–Trinajstić information content (AvgIpc) is 3.16. The van der Waals surface area contributed by atoms with Crippen LogP contribution in [0.5, 0.6) is 0 Å². The Bertz CT molecular complexity index is 1400. The third-order valence-electron chi connectivity index (χ3n) is 5.20. The van der Waals surface area contributed by atoms with E-state index in [4.69, 9.17) is 16.3 Å². The largest absolute Gasteiger partial charge is 0.459 e. The Hall–Kier alpha value is -3.49. The Balaban J connectivity index is 1.57. The predicted octanol–water partition coefficient (Wildman–Crippen LogP) is 4.98. The summed E-state index contributed by atoms with van der Waals surface area (Å²) >= 11 is 7.24. The number of halogens is 1. The lowest BCUT2D eigenvalue weighted by Gasteiger charge is -2.14. The molecule has 0 aliphatic rings. The van der Waals surface area contributed by atoms with E-state index in [1.807, 2.05) is 18.2 Å². The number of aromatic nitrogens is 2. The van der Waals surface area contributed by atoms with Crippen LogP contribution in [0.25, 0.3) is 10.2 Å². The van der Waals surface area contributed by atoms with Gasteiger partial charge >= 0.3 is 5.97 Å². The van der Waals surface area contributed by atoms with Crippen LogP contribution in [0.4, 0.5) is 5.69 Å². The molecule has 0 aliphatic heterocycles. The van der Waals surface area contributed by atoms with Crippen molar-refractivity contribution >= 4 is 50.7 Å². The van der Waals surface area contributed by atoms with Crippen LogP contribution in [0.1, 0.15) is 33.8 Å². The molecule has 7 nitrogen and oxygen atoms in total. The monoisotopic (exact) mass is 481 g/mol. The molecule has 0 bridgehead atoms. The molecule has 1 N–H and O–H groups in total. The van der Waals surface area contributed by atoms with Crippen LogP contribution in [-0.4, -0.2) is 21.4 Å². The number of amides is 1. The zero-order valence-electron chi connectivity index (χ0n) is 17.9. The Morgan fingerprint density at radius 1 is 1.15 bits per heavy atom. The zero-order chi connectivity index (χ0) is 23.5. The number of hydrogen-bond acceptors (Lipinski definition) is 6. The number of hydrogen-bond donors (Lipinski definition) is 1. The van der Waals surface area contributed by atoms with Gasteiger partial charge in [-0.05, 0) is 37.6 Å². The zero-order valence-corrected chi connectivity index (χ0v) is 19.4. The molecule has 168 valence electrons. The SMILES string of the molecule is Cc1c(C(=O)Nc2ccccc2)sc2ncn(C(C)C(=O)OCc3ccccc3Cl)c(=O)c12. The summed E-state index contributed by atoms with van der Waals surface area (Å²) in [5.74, 6) is -0.909. The standard InChI is InChI=1S/C24H20ClN3O4S/c1-14-19-22(33-20(14)21(29)27-17-9-4-3-5-10-17)26-13-28(23(19)30)15(2)24(31)32-12-16-8-6-7-11-18(16)25/h3-11,13,15H,12H2,1-2H3,(H,27,29). The van der Waals surface area contributed by atoms with Gasteiger partial charge in [0, 0.05) is 16.3 Å². The van der Waals surface area contributed by atoms with Crippen molar-refractivity contribution in [3.63, 3.8) is 0 Å². The van der Waals surface area contributed by atoms with Gasteiger partial charge in [0.2, 0.25) is 0 Å². The van der Waals surface area contributed by atoms with Crippen LogP contribution in [0, 0.1) is 6.92 Å². The number of thiophene rings is 1. The van der Waals surface area contributed by atoms with Gasteiger partial charge in [-0.15, -0.1) is 11.3 Å². The summed E-state index contributed by atoms with van der Waals surface area (Å²) in [5, 5.41) is 3.63. The molecule has 4 rings (SSSR count). The summed E-state index contributed by atoms with van der Waals surface area (Å²) < 4.78 is 6.58. The van der Waals surface area contributed by atoms with E-state index in [9.17, 15) is 14.4 Å². The number of rotatable bonds is 6. The molecule has 1 unspecified atom stereocenters. The number of ether oxygens (including phenoxy) is 1. The Morgan fingerprint density at radius 3 is 2.58 bits per heavy atom. The minimum absolute atomic E-state index is 0.00540. The third-order valence-corrected chi connectivity index (χ3v) is 6.77. The molecule has 0 spiro atoms. The van der Waals surface area contributed by atoms with Gasteiger partial charge in [-0.2, -0.15) is 0 Å². The fourth-order valence-electron chi connectivity index (χ4n) is 3.34. The number of aryl methyl sites for hydroxylation is 1. The molecule has 0 saturated carbocycles. The number of nitrogens with zero attached hydrogens (tertiary/aromatic N) is 2. The van der Waals surface area contributed by atoms with Crippen LogP contribution < -0.4 is 10.9 Å². The summed E-state index contributed by atoms with van der Waals surface area (Å²) in [6, 6.07) is 15.2. The summed E-state index contributed by atoms with van der Waals surface area (Å²) in [4.78, 5) is 43.7. The van der Waals surface area contributed by atoms with Gasteiger partial charge in [-0.3, -0.25) is 14.2 Å². The number of benzene rings is 2. The van der Waals surface area contributed by atoms with E-state index < -0.39 is 17.6 Å². The van der Waals surface area contributed by atoms with Crippen molar-refractivity contribution in [3.05, 3.63) is 92.3 Å². The number of carbonyl (C=O) groups is 2. The van der Waals surface area contributed by atoms with Gasteiger partial charge in [0.05, 0.1) is 16.6 Å². The second-order valence-electron chi connectivity index (χ2n) is 7.39. The van der Waals surface area contributed by atoms with Crippen LogP contribution in [0.3, 0.4) is 0 Å². The molecule has 33 heavy (non-hydrogen) atoms. The first-order valence-corrected chi connectivity index (χ1v) is 11.3. The van der Waals surface area contributed by atoms with Gasteiger partial charge in [-0.25, -0.2) is 9.78 Å². The summed E-state index contributed by atoms with van der Waals surface area (Å²) in [5.41, 5.74) is 1.43. The molecule has 0 saturated heterocycles. The van der Waals surface area contributed by atoms with Crippen molar-refractivity contribution in [2.45, 2.75) is 26.5 Å². The maximum absolute atomic E-state index is 13.2. The van der Waals surface area contributed by atoms with E-state index in [1.165, 1.54) is 10.9 Å². The van der Waals surface area contributed by atoms with E-state index >= 15 is 0 Å². The minimum atomic E-state index is -0.905. The highest BCUT2D eigenvalue weighted by molar-refractivity contribution is 7.20. The smallest absolute Gasteiger partial charge is 0.329 e. The lowest BCUT2D eigenvalue weighted by molar-refractivity contribution is -0.148. The van der Waals surface area contributed by atoms with Crippen molar-refractivity contribution in [3.8, 4) is 0 Å². The Kier molecular flexibility index (Phi) is 6.57. The molecule has 9 heteroatoms. The normalized spacial score (nSPS) is 11.8. The number of anilines is 1. The van der Waals surface area contributed by atoms with Gasteiger partial charge < -0.3 is 10.1 Å². The number of carbonyl (C=O) groups excluding carboxylic acids is 2. The second-order valence-corrected chi connectivity index (χ2v) is 8.79. The Labute approximate surface area is 198 Å². The molecular weight excluding hydrogens is 462 g/mol. The molecule has 0 radical (unpaired) electrons. The fraction of sp³-hybridized carbons (Fsp3) is 0.167. The van der Waals surface area contributed by atoms with Crippen LogP contribution in [0.2, 0.25) is 5.02 Å². The molecule has 0 aliphatic carbocycles. The summed E-state index contributed by atoms with van der Waals surface area (Å²) in [6.07, 6.45) is 1.31. The second kappa shape index (κ2) is 9.56. The summed E-state index contributed by atoms with van der Waals surface area (Å²) in [7, 11) is 0. The molecule has 1 amide bonds. The van der Waals surface area contributed by atoms with Gasteiger partial charge in [0.1, 0.15) is 17.5 Å². The maximum atomic E-state index is 13.2. The summed E-state index contributed by atoms with van der Waals surface area (Å²) in [6.45, 7) is 3.26. The Morgan fingerprint density at radius 2 is 1.85 bits per heavy atom. The molecule has 2 heterocycles. The number of fused-ring (bicyclic) bond motifs is 1. The number of nitrogens with one attached hydrogen (secondary N) is 1. The highest BCUT2D eigenvalue weighted by Crippen LogP contribution is 2.28. The molecule has 1 atom stereocenters. The van der Waals surface area contributed by atoms with Crippen LogP contribution >= 0.6 is 22.9 Å². The van der Waals surface area contributed by atoms with Crippen LogP contribution in [0.15, 0.2) is 65.7 Å². The third kappa shape index (κ3) is 4.67. The molecule has 0 fully saturated rings.